The summed E-state index contributed by atoms with van der Waals surface area (Å²) >= 11 is 0. The normalized spacial score (nSPS) is 21.1. The minimum absolute atomic E-state index is 0.0305. The lowest BCUT2D eigenvalue weighted by atomic mass is 9.86. The van der Waals surface area contributed by atoms with Crippen LogP contribution in [0.25, 0.3) is 0 Å². The van der Waals surface area contributed by atoms with E-state index in [1.807, 2.05) is 13.0 Å². The largest absolute Gasteiger partial charge is 0.508 e. The van der Waals surface area contributed by atoms with E-state index in [4.69, 9.17) is 10.5 Å². The topological polar surface area (TPSA) is 137 Å². The third-order valence-corrected chi connectivity index (χ3v) is 7.74. The molecule has 1 saturated carbocycles. The molecule has 182 valence electrons. The number of aliphatic hydroxyl groups is 1. The van der Waals surface area contributed by atoms with Crippen molar-refractivity contribution in [2.45, 2.75) is 37.6 Å². The van der Waals surface area contributed by atoms with Gasteiger partial charge in [-0.3, -0.25) is 9.52 Å². The number of rotatable bonds is 10. The van der Waals surface area contributed by atoms with Crippen LogP contribution in [0.2, 0.25) is 0 Å². The SMILES string of the molecule is CCC(CCN)C1=CC(O)=C(C2(Cc3cccc(NS(=O)(=O)c4cn(C)cn4)c3)CC2=O)CO1. The van der Waals surface area contributed by atoms with E-state index >= 15 is 0 Å². The zero-order valence-corrected chi connectivity index (χ0v) is 20.1. The number of benzene rings is 1. The van der Waals surface area contributed by atoms with Crippen LogP contribution in [-0.4, -0.2) is 42.0 Å². The number of aryl methyl sites for hydroxylation is 1. The summed E-state index contributed by atoms with van der Waals surface area (Å²) in [5.41, 5.74) is 6.58. The molecular formula is C24H30N4O5S. The molecular weight excluding hydrogens is 456 g/mol. The van der Waals surface area contributed by atoms with Crippen LogP contribution < -0.4 is 10.5 Å². The molecule has 0 bridgehead atoms. The third-order valence-electron chi connectivity index (χ3n) is 6.47. The van der Waals surface area contributed by atoms with Gasteiger partial charge in [-0.25, -0.2) is 4.98 Å². The first-order chi connectivity index (χ1) is 16.2. The maximum atomic E-state index is 12.6. The number of Topliss-reactive ketones (excluding diaryl/α,β-unsaturated/α-hetero) is 1. The Morgan fingerprint density at radius 1 is 1.38 bits per heavy atom. The highest BCUT2D eigenvalue weighted by atomic mass is 32.2. The average Bonchev–Trinajstić information content (AvgIpc) is 3.20. The lowest BCUT2D eigenvalue weighted by Crippen LogP contribution is -2.23. The lowest BCUT2D eigenvalue weighted by Gasteiger charge is -2.27. The number of hydrogen-bond acceptors (Lipinski definition) is 7. The number of carbonyl (C=O) groups is 1. The predicted molar refractivity (Wildman–Crippen MR) is 127 cm³/mol. The molecule has 1 aromatic heterocycles. The molecule has 0 radical (unpaired) electrons. The van der Waals surface area contributed by atoms with E-state index < -0.39 is 15.4 Å². The Balaban J connectivity index is 1.55. The van der Waals surface area contributed by atoms with Crippen molar-refractivity contribution in [1.29, 1.82) is 0 Å². The summed E-state index contributed by atoms with van der Waals surface area (Å²) in [6.45, 7) is 2.72. The standard InChI is InChI=1S/C24H30N4O5S/c1-3-17(7-8-25)21-10-20(29)19(14-33-21)24(12-22(24)30)11-16-5-4-6-18(9-16)27-34(31,32)23-13-28(2)15-26-23/h4-6,9-10,13,15,17,27,29H,3,7-8,11-12,14,25H2,1-2H3. The first-order valence-electron chi connectivity index (χ1n) is 11.3. The number of aromatic nitrogens is 2. The van der Waals surface area contributed by atoms with Gasteiger partial charge in [0.15, 0.2) is 5.03 Å². The molecule has 34 heavy (non-hydrogen) atoms. The number of sulfonamides is 1. The molecule has 1 fully saturated rings. The number of carbonyl (C=O) groups excluding carboxylic acids is 1. The number of ether oxygens (including phenoxy) is 1. The van der Waals surface area contributed by atoms with Gasteiger partial charge in [-0.15, -0.1) is 0 Å². The molecule has 0 spiro atoms. The summed E-state index contributed by atoms with van der Waals surface area (Å²) in [7, 11) is -2.14. The van der Waals surface area contributed by atoms with E-state index in [9.17, 15) is 18.3 Å². The molecule has 1 aromatic carbocycles. The van der Waals surface area contributed by atoms with E-state index in [1.165, 1.54) is 12.5 Å². The van der Waals surface area contributed by atoms with Gasteiger partial charge in [0.2, 0.25) is 0 Å². The van der Waals surface area contributed by atoms with Crippen LogP contribution in [0.15, 0.2) is 65.0 Å². The van der Waals surface area contributed by atoms with Crippen LogP contribution in [-0.2, 0) is 33.0 Å². The molecule has 2 unspecified atom stereocenters. The minimum atomic E-state index is -3.83. The fraction of sp³-hybridized carbons (Fsp3) is 0.417. The summed E-state index contributed by atoms with van der Waals surface area (Å²) in [4.78, 5) is 16.5. The second-order valence-corrected chi connectivity index (χ2v) is 10.6. The van der Waals surface area contributed by atoms with Crippen LogP contribution in [0.5, 0.6) is 0 Å². The van der Waals surface area contributed by atoms with Crippen molar-refractivity contribution < 1.29 is 23.1 Å². The van der Waals surface area contributed by atoms with Crippen LogP contribution in [0.1, 0.15) is 31.7 Å². The van der Waals surface area contributed by atoms with Crippen LogP contribution >= 0.6 is 0 Å². The monoisotopic (exact) mass is 486 g/mol. The zero-order valence-electron chi connectivity index (χ0n) is 19.3. The van der Waals surface area contributed by atoms with Gasteiger partial charge < -0.3 is 20.1 Å². The van der Waals surface area contributed by atoms with E-state index in [2.05, 4.69) is 9.71 Å². The van der Waals surface area contributed by atoms with Crippen molar-refractivity contribution in [2.24, 2.45) is 24.1 Å². The summed E-state index contributed by atoms with van der Waals surface area (Å²) in [5, 5.41) is 10.7. The molecule has 0 amide bonds. The van der Waals surface area contributed by atoms with Gasteiger partial charge in [0.05, 0.1) is 11.7 Å². The number of ketones is 1. The molecule has 1 aliphatic heterocycles. The first-order valence-corrected chi connectivity index (χ1v) is 12.8. The van der Waals surface area contributed by atoms with E-state index in [0.717, 1.165) is 18.4 Å². The highest BCUT2D eigenvalue weighted by Gasteiger charge is 2.57. The smallest absolute Gasteiger partial charge is 0.280 e. The van der Waals surface area contributed by atoms with Crippen molar-refractivity contribution in [1.82, 2.24) is 9.55 Å². The molecule has 2 aromatic rings. The second kappa shape index (κ2) is 9.27. The number of allylic oxidation sites excluding steroid dienone is 2. The number of anilines is 1. The highest BCUT2D eigenvalue weighted by molar-refractivity contribution is 7.92. The molecule has 4 N–H and O–H groups in total. The number of hydrogen-bond donors (Lipinski definition) is 3. The van der Waals surface area contributed by atoms with Gasteiger partial charge >= 0.3 is 0 Å². The van der Waals surface area contributed by atoms with E-state index in [1.54, 1.807) is 35.9 Å². The third kappa shape index (κ3) is 4.74. The fourth-order valence-corrected chi connectivity index (χ4v) is 5.49. The Morgan fingerprint density at radius 2 is 2.15 bits per heavy atom. The lowest BCUT2D eigenvalue weighted by molar-refractivity contribution is -0.112. The summed E-state index contributed by atoms with van der Waals surface area (Å²) in [6, 6.07) is 6.91. The quantitative estimate of drug-likeness (QED) is 0.470. The number of aliphatic hydroxyl groups excluding tert-OH is 1. The summed E-state index contributed by atoms with van der Waals surface area (Å²) in [5.74, 6) is 0.935. The van der Waals surface area contributed by atoms with E-state index in [-0.39, 0.29) is 29.1 Å². The summed E-state index contributed by atoms with van der Waals surface area (Å²) < 4.78 is 35.3. The fourth-order valence-electron chi connectivity index (χ4n) is 4.46. The maximum Gasteiger partial charge on any atom is 0.280 e. The van der Waals surface area contributed by atoms with Crippen molar-refractivity contribution in [3.8, 4) is 0 Å². The van der Waals surface area contributed by atoms with Gasteiger partial charge in [-0.1, -0.05) is 19.1 Å². The second-order valence-electron chi connectivity index (χ2n) is 8.92. The zero-order chi connectivity index (χ0) is 24.5. The molecule has 1 aliphatic carbocycles. The Labute approximate surface area is 199 Å². The van der Waals surface area contributed by atoms with Gasteiger partial charge in [0, 0.05) is 42.9 Å². The Morgan fingerprint density at radius 3 is 2.74 bits per heavy atom. The molecule has 0 saturated heterocycles. The van der Waals surface area contributed by atoms with Gasteiger partial charge in [0.25, 0.3) is 10.0 Å². The maximum absolute atomic E-state index is 12.6. The van der Waals surface area contributed by atoms with Crippen molar-refractivity contribution in [3.63, 3.8) is 0 Å². The molecule has 2 heterocycles. The predicted octanol–water partition coefficient (Wildman–Crippen LogP) is 2.82. The van der Waals surface area contributed by atoms with Gasteiger partial charge in [-0.05, 0) is 43.5 Å². The Kier molecular flexibility index (Phi) is 6.55. The number of nitrogens with two attached hydrogens (primary N) is 1. The molecule has 2 aliphatic rings. The molecule has 4 rings (SSSR count). The van der Waals surface area contributed by atoms with Gasteiger partial charge in [0.1, 0.15) is 23.9 Å². The van der Waals surface area contributed by atoms with Crippen molar-refractivity contribution >= 4 is 21.5 Å². The first kappa shape index (κ1) is 24.0. The van der Waals surface area contributed by atoms with Crippen LogP contribution in [0, 0.1) is 11.3 Å². The number of nitrogens with one attached hydrogen (secondary N) is 1. The van der Waals surface area contributed by atoms with Crippen molar-refractivity contribution in [2.75, 3.05) is 17.9 Å². The Hall–Kier alpha value is -3.11. The number of nitrogens with zero attached hydrogens (tertiary/aromatic N) is 2. The van der Waals surface area contributed by atoms with Crippen molar-refractivity contribution in [3.05, 3.63) is 65.5 Å². The molecule has 10 heteroatoms. The summed E-state index contributed by atoms with van der Waals surface area (Å²) in [6.07, 6.45) is 6.71. The molecule has 9 nitrogen and oxygen atoms in total. The van der Waals surface area contributed by atoms with Crippen LogP contribution in [0.4, 0.5) is 5.69 Å². The van der Waals surface area contributed by atoms with E-state index in [0.29, 0.717) is 36.4 Å². The van der Waals surface area contributed by atoms with Crippen LogP contribution in [0.3, 0.4) is 0 Å². The molecule has 2 atom stereocenters. The Bertz CT molecular complexity index is 1260. The average molecular weight is 487 g/mol. The van der Waals surface area contributed by atoms with Gasteiger partial charge in [-0.2, -0.15) is 8.42 Å². The minimum Gasteiger partial charge on any atom is -0.508 e. The highest BCUT2D eigenvalue weighted by Crippen LogP contribution is 2.52. The number of imidazole rings is 1.